The second kappa shape index (κ2) is 8.80. The van der Waals surface area contributed by atoms with Gasteiger partial charge in [0.1, 0.15) is 6.61 Å². The van der Waals surface area contributed by atoms with Gasteiger partial charge in [-0.25, -0.2) is 0 Å². The van der Waals surface area contributed by atoms with Crippen LogP contribution in [0.1, 0.15) is 31.9 Å². The van der Waals surface area contributed by atoms with E-state index in [0.29, 0.717) is 24.3 Å². The fourth-order valence-electron chi connectivity index (χ4n) is 2.21. The Morgan fingerprint density at radius 2 is 1.74 bits per heavy atom. The maximum Gasteiger partial charge on any atom is 0.166 e. The number of para-hydroxylation sites is 1. The van der Waals surface area contributed by atoms with E-state index in [0.717, 1.165) is 29.2 Å². The lowest BCUT2D eigenvalue weighted by Crippen LogP contribution is -2.22. The molecule has 0 aromatic heterocycles. The molecule has 2 rings (SSSR count). The molecule has 0 unspecified atom stereocenters. The monoisotopic (exact) mass is 333 g/mol. The maximum absolute atomic E-state index is 6.21. The summed E-state index contributed by atoms with van der Waals surface area (Å²) in [5, 5.41) is 4.13. The van der Waals surface area contributed by atoms with Crippen LogP contribution in [0.25, 0.3) is 0 Å². The highest BCUT2D eigenvalue weighted by atomic mass is 35.5. The van der Waals surface area contributed by atoms with Crippen LogP contribution in [-0.4, -0.2) is 12.6 Å². The smallest absolute Gasteiger partial charge is 0.166 e. The molecular weight excluding hydrogens is 310 g/mol. The summed E-state index contributed by atoms with van der Waals surface area (Å²) in [5.74, 6) is 1.55. The second-order valence-corrected chi connectivity index (χ2v) is 6.00. The zero-order chi connectivity index (χ0) is 16.7. The van der Waals surface area contributed by atoms with Gasteiger partial charge in [0.05, 0.1) is 6.61 Å². The molecule has 1 N–H and O–H groups in total. The summed E-state index contributed by atoms with van der Waals surface area (Å²) in [7, 11) is 0. The third kappa shape index (κ3) is 5.15. The van der Waals surface area contributed by atoms with Gasteiger partial charge in [0, 0.05) is 28.7 Å². The number of rotatable bonds is 8. The predicted molar refractivity (Wildman–Crippen MR) is 95.4 cm³/mol. The van der Waals surface area contributed by atoms with E-state index < -0.39 is 0 Å². The Labute approximate surface area is 143 Å². The number of hydrogen-bond donors (Lipinski definition) is 1. The Morgan fingerprint density at radius 1 is 1.00 bits per heavy atom. The van der Waals surface area contributed by atoms with Crippen molar-refractivity contribution in [2.24, 2.45) is 0 Å². The van der Waals surface area contributed by atoms with E-state index >= 15 is 0 Å². The normalized spacial score (nSPS) is 10.8. The zero-order valence-corrected chi connectivity index (χ0v) is 14.7. The molecule has 0 aliphatic heterocycles. The van der Waals surface area contributed by atoms with Gasteiger partial charge in [0.25, 0.3) is 0 Å². The van der Waals surface area contributed by atoms with Crippen LogP contribution in [0.2, 0.25) is 5.02 Å². The van der Waals surface area contributed by atoms with E-state index in [1.54, 1.807) is 0 Å². The number of nitrogens with one attached hydrogen (secondary N) is 1. The summed E-state index contributed by atoms with van der Waals surface area (Å²) in [5.41, 5.74) is 2.04. The molecule has 2 aromatic carbocycles. The summed E-state index contributed by atoms with van der Waals surface area (Å²) in [6, 6.07) is 14.1. The van der Waals surface area contributed by atoms with E-state index in [2.05, 4.69) is 25.2 Å². The van der Waals surface area contributed by atoms with Crippen LogP contribution in [0, 0.1) is 0 Å². The molecule has 0 heterocycles. The summed E-state index contributed by atoms with van der Waals surface area (Å²) in [6.45, 7) is 7.96. The fraction of sp³-hybridized carbons (Fsp3) is 0.368. The molecule has 0 bridgehead atoms. The molecule has 0 radical (unpaired) electrons. The molecular formula is C19H24ClNO2. The number of ether oxygens (including phenoxy) is 2. The van der Waals surface area contributed by atoms with Crippen LogP contribution in [0.3, 0.4) is 0 Å². The lowest BCUT2D eigenvalue weighted by atomic mass is 10.1. The first-order chi connectivity index (χ1) is 11.1. The quantitative estimate of drug-likeness (QED) is 0.751. The van der Waals surface area contributed by atoms with Gasteiger partial charge >= 0.3 is 0 Å². The van der Waals surface area contributed by atoms with Crippen LogP contribution in [0.15, 0.2) is 42.5 Å². The summed E-state index contributed by atoms with van der Waals surface area (Å²) in [4.78, 5) is 0. The molecule has 0 aliphatic carbocycles. The first kappa shape index (κ1) is 17.6. The lowest BCUT2D eigenvalue weighted by molar-refractivity contribution is 0.266. The standard InChI is InChI=1S/C19H24ClNO2/c1-4-22-18-11-7-9-15(12-21-14(2)3)19(18)23-13-16-8-5-6-10-17(16)20/h5-11,14,21H,4,12-13H2,1-3H3. The molecule has 0 fully saturated rings. The highest BCUT2D eigenvalue weighted by Crippen LogP contribution is 2.32. The predicted octanol–water partition coefficient (Wildman–Crippen LogP) is 4.82. The van der Waals surface area contributed by atoms with Crippen molar-refractivity contribution in [2.75, 3.05) is 6.61 Å². The molecule has 23 heavy (non-hydrogen) atoms. The van der Waals surface area contributed by atoms with Gasteiger partial charge < -0.3 is 14.8 Å². The average molecular weight is 334 g/mol. The number of benzene rings is 2. The van der Waals surface area contributed by atoms with Gasteiger partial charge in [-0.15, -0.1) is 0 Å². The Hall–Kier alpha value is -1.71. The van der Waals surface area contributed by atoms with Crippen LogP contribution in [-0.2, 0) is 13.2 Å². The van der Waals surface area contributed by atoms with Gasteiger partial charge in [0.2, 0.25) is 0 Å². The zero-order valence-electron chi connectivity index (χ0n) is 13.9. The van der Waals surface area contributed by atoms with Crippen molar-refractivity contribution in [2.45, 2.75) is 40.0 Å². The minimum absolute atomic E-state index is 0.405. The number of hydrogen-bond acceptors (Lipinski definition) is 3. The minimum atomic E-state index is 0.405. The Bertz CT molecular complexity index is 629. The highest BCUT2D eigenvalue weighted by molar-refractivity contribution is 6.31. The molecule has 0 atom stereocenters. The van der Waals surface area contributed by atoms with Crippen molar-refractivity contribution in [3.8, 4) is 11.5 Å². The van der Waals surface area contributed by atoms with Gasteiger partial charge in [0.15, 0.2) is 11.5 Å². The molecule has 2 aromatic rings. The first-order valence-electron chi connectivity index (χ1n) is 7.96. The van der Waals surface area contributed by atoms with Gasteiger partial charge in [-0.1, -0.05) is 55.8 Å². The van der Waals surface area contributed by atoms with E-state index in [-0.39, 0.29) is 0 Å². The SMILES string of the molecule is CCOc1cccc(CNC(C)C)c1OCc1ccccc1Cl. The van der Waals surface area contributed by atoms with Crippen molar-refractivity contribution in [1.29, 1.82) is 0 Å². The Kier molecular flexibility index (Phi) is 6.75. The second-order valence-electron chi connectivity index (χ2n) is 5.59. The van der Waals surface area contributed by atoms with Crippen LogP contribution in [0.4, 0.5) is 0 Å². The molecule has 0 aliphatic rings. The Balaban J connectivity index is 2.21. The molecule has 3 nitrogen and oxygen atoms in total. The molecule has 4 heteroatoms. The third-order valence-electron chi connectivity index (χ3n) is 3.39. The minimum Gasteiger partial charge on any atom is -0.490 e. The van der Waals surface area contributed by atoms with Crippen molar-refractivity contribution >= 4 is 11.6 Å². The van der Waals surface area contributed by atoms with E-state index in [9.17, 15) is 0 Å². The van der Waals surface area contributed by atoms with Crippen LogP contribution in [0.5, 0.6) is 11.5 Å². The van der Waals surface area contributed by atoms with Crippen molar-refractivity contribution in [1.82, 2.24) is 5.32 Å². The van der Waals surface area contributed by atoms with E-state index in [4.69, 9.17) is 21.1 Å². The van der Waals surface area contributed by atoms with Gasteiger partial charge in [-0.2, -0.15) is 0 Å². The molecule has 0 saturated heterocycles. The summed E-state index contributed by atoms with van der Waals surface area (Å²) < 4.78 is 11.8. The maximum atomic E-state index is 6.21. The Morgan fingerprint density at radius 3 is 2.43 bits per heavy atom. The first-order valence-corrected chi connectivity index (χ1v) is 8.34. The fourth-order valence-corrected chi connectivity index (χ4v) is 2.40. The molecule has 0 spiro atoms. The van der Waals surface area contributed by atoms with Crippen molar-refractivity contribution < 1.29 is 9.47 Å². The van der Waals surface area contributed by atoms with Crippen molar-refractivity contribution in [3.05, 3.63) is 58.6 Å². The van der Waals surface area contributed by atoms with Crippen molar-refractivity contribution in [3.63, 3.8) is 0 Å². The summed E-state index contributed by atoms with van der Waals surface area (Å²) >= 11 is 6.21. The summed E-state index contributed by atoms with van der Waals surface area (Å²) in [6.07, 6.45) is 0. The van der Waals surface area contributed by atoms with Crippen LogP contribution < -0.4 is 14.8 Å². The van der Waals surface area contributed by atoms with E-state index in [1.165, 1.54) is 0 Å². The van der Waals surface area contributed by atoms with Gasteiger partial charge in [-0.05, 0) is 19.1 Å². The average Bonchev–Trinajstić information content (AvgIpc) is 2.53. The van der Waals surface area contributed by atoms with Gasteiger partial charge in [-0.3, -0.25) is 0 Å². The van der Waals surface area contributed by atoms with E-state index in [1.807, 2.05) is 43.3 Å². The topological polar surface area (TPSA) is 30.5 Å². The lowest BCUT2D eigenvalue weighted by Gasteiger charge is -2.17. The third-order valence-corrected chi connectivity index (χ3v) is 3.76. The highest BCUT2D eigenvalue weighted by Gasteiger charge is 2.12. The number of halogens is 1. The largest absolute Gasteiger partial charge is 0.490 e. The van der Waals surface area contributed by atoms with Crippen LogP contribution >= 0.6 is 11.6 Å². The molecule has 0 saturated carbocycles. The molecule has 124 valence electrons. The molecule has 0 amide bonds.